The van der Waals surface area contributed by atoms with Gasteiger partial charge in [0.05, 0.1) is 29.9 Å². The Morgan fingerprint density at radius 2 is 1.59 bits per heavy atom. The monoisotopic (exact) mass is 634 g/mol. The van der Waals surface area contributed by atoms with Gasteiger partial charge in [0, 0.05) is 5.02 Å². The van der Waals surface area contributed by atoms with E-state index < -0.39 is 22.5 Å². The lowest BCUT2D eigenvalue weighted by molar-refractivity contribution is -0.123. The lowest BCUT2D eigenvalue weighted by Crippen LogP contribution is -2.39. The number of sulfonamides is 1. The van der Waals surface area contributed by atoms with Crippen LogP contribution in [0.3, 0.4) is 0 Å². The zero-order valence-electron chi connectivity index (χ0n) is 24.0. The van der Waals surface area contributed by atoms with E-state index in [0.29, 0.717) is 22.1 Å². The molecule has 4 aromatic rings. The van der Waals surface area contributed by atoms with Crippen molar-refractivity contribution in [1.29, 1.82) is 0 Å². The number of nitrogens with zero attached hydrogens (tertiary/aromatic N) is 2. The van der Waals surface area contributed by atoms with Crippen molar-refractivity contribution < 1.29 is 27.5 Å². The van der Waals surface area contributed by atoms with E-state index in [2.05, 4.69) is 15.8 Å². The number of hydrogen-bond donors (Lipinski definition) is 2. The van der Waals surface area contributed by atoms with Crippen LogP contribution in [0.15, 0.2) is 113 Å². The van der Waals surface area contributed by atoms with Crippen LogP contribution >= 0.6 is 11.6 Å². The number of anilines is 1. The number of methoxy groups -OCH3 is 1. The fourth-order valence-electron chi connectivity index (χ4n) is 4.07. The van der Waals surface area contributed by atoms with Crippen LogP contribution in [0.4, 0.5) is 5.69 Å². The Hall–Kier alpha value is -4.87. The standard InChI is InChI=1S/C32H31ClN4O6S/c1-23(25-7-4-3-5-8-25)35-32(39)22-43-29-13-11-24(12-14-29)20-34-36-31(38)21-37(27-10-6-9-26(33)19-27)44(40,41)30-17-15-28(42-2)16-18-30/h3-20,23H,21-22H2,1-2H3,(H,35,39)(H,36,38)/b34-20-/t23-/m1/s1. The van der Waals surface area contributed by atoms with E-state index in [1.54, 1.807) is 42.5 Å². The molecule has 0 unspecified atom stereocenters. The Balaban J connectivity index is 1.34. The molecule has 0 aliphatic rings. The van der Waals surface area contributed by atoms with Gasteiger partial charge in [-0.15, -0.1) is 0 Å². The highest BCUT2D eigenvalue weighted by atomic mass is 35.5. The van der Waals surface area contributed by atoms with E-state index in [1.165, 1.54) is 43.7 Å². The zero-order valence-corrected chi connectivity index (χ0v) is 25.6. The Labute approximate surface area is 261 Å². The molecule has 2 N–H and O–H groups in total. The van der Waals surface area contributed by atoms with Gasteiger partial charge >= 0.3 is 0 Å². The summed E-state index contributed by atoms with van der Waals surface area (Å²) >= 11 is 6.11. The maximum absolute atomic E-state index is 13.5. The van der Waals surface area contributed by atoms with Gasteiger partial charge in [-0.2, -0.15) is 5.10 Å². The number of hydrazone groups is 1. The third kappa shape index (κ3) is 8.82. The van der Waals surface area contributed by atoms with E-state index in [9.17, 15) is 18.0 Å². The van der Waals surface area contributed by atoms with Crippen molar-refractivity contribution in [1.82, 2.24) is 10.7 Å². The summed E-state index contributed by atoms with van der Waals surface area (Å²) in [4.78, 5) is 25.1. The summed E-state index contributed by atoms with van der Waals surface area (Å²) in [5, 5.41) is 7.15. The molecule has 0 fully saturated rings. The molecule has 0 spiro atoms. The van der Waals surface area contributed by atoms with Crippen LogP contribution in [0, 0.1) is 0 Å². The number of halogens is 1. The van der Waals surface area contributed by atoms with Gasteiger partial charge < -0.3 is 14.8 Å². The smallest absolute Gasteiger partial charge is 0.264 e. The molecular formula is C32H31ClN4O6S. The van der Waals surface area contributed by atoms with Crippen LogP contribution in [0.25, 0.3) is 0 Å². The molecule has 1 atom stereocenters. The number of carbonyl (C=O) groups excluding carboxylic acids is 2. The molecule has 0 aliphatic carbocycles. The van der Waals surface area contributed by atoms with Crippen LogP contribution in [-0.4, -0.2) is 46.7 Å². The fourth-order valence-corrected chi connectivity index (χ4v) is 5.67. The molecule has 4 aromatic carbocycles. The summed E-state index contributed by atoms with van der Waals surface area (Å²) in [6.07, 6.45) is 1.40. The Bertz CT molecular complexity index is 1700. The topological polar surface area (TPSA) is 126 Å². The van der Waals surface area contributed by atoms with Crippen LogP contribution in [0.5, 0.6) is 11.5 Å². The molecule has 0 bridgehead atoms. The van der Waals surface area contributed by atoms with Gasteiger partial charge in [0.25, 0.3) is 21.8 Å². The first-order valence-corrected chi connectivity index (χ1v) is 15.3. The second-order valence-corrected chi connectivity index (χ2v) is 11.8. The van der Waals surface area contributed by atoms with E-state index in [1.807, 2.05) is 37.3 Å². The fraction of sp³-hybridized carbons (Fsp3) is 0.156. The molecule has 10 nitrogen and oxygen atoms in total. The lowest BCUT2D eigenvalue weighted by Gasteiger charge is -2.24. The van der Waals surface area contributed by atoms with Crippen LogP contribution < -0.4 is 24.5 Å². The highest BCUT2D eigenvalue weighted by Crippen LogP contribution is 2.27. The van der Waals surface area contributed by atoms with Crippen molar-refractivity contribution in [2.24, 2.45) is 5.10 Å². The average Bonchev–Trinajstić information content (AvgIpc) is 3.03. The molecule has 12 heteroatoms. The number of ether oxygens (including phenoxy) is 2. The first kappa shape index (κ1) is 32.1. The summed E-state index contributed by atoms with van der Waals surface area (Å²) in [5.74, 6) is 0.0445. The number of hydrogen-bond acceptors (Lipinski definition) is 7. The molecule has 2 amide bonds. The predicted octanol–water partition coefficient (Wildman–Crippen LogP) is 4.95. The maximum atomic E-state index is 13.5. The van der Waals surface area contributed by atoms with Gasteiger partial charge in [-0.25, -0.2) is 13.8 Å². The van der Waals surface area contributed by atoms with Gasteiger partial charge in [0.1, 0.15) is 18.0 Å². The molecule has 0 radical (unpaired) electrons. The maximum Gasteiger partial charge on any atom is 0.264 e. The van der Waals surface area contributed by atoms with Gasteiger partial charge in [-0.05, 0) is 84.8 Å². The molecule has 0 aliphatic heterocycles. The molecule has 4 rings (SSSR count). The largest absolute Gasteiger partial charge is 0.497 e. The van der Waals surface area contributed by atoms with Crippen molar-refractivity contribution >= 4 is 45.3 Å². The van der Waals surface area contributed by atoms with Crippen LogP contribution in [0.1, 0.15) is 24.1 Å². The number of carbonyl (C=O) groups is 2. The molecule has 0 saturated carbocycles. The van der Waals surface area contributed by atoms with Crippen molar-refractivity contribution in [3.8, 4) is 11.5 Å². The second kappa shape index (κ2) is 15.0. The highest BCUT2D eigenvalue weighted by Gasteiger charge is 2.27. The summed E-state index contributed by atoms with van der Waals surface area (Å²) in [6.45, 7) is 1.20. The van der Waals surface area contributed by atoms with E-state index in [4.69, 9.17) is 21.1 Å². The van der Waals surface area contributed by atoms with Crippen molar-refractivity contribution in [2.75, 3.05) is 24.6 Å². The highest BCUT2D eigenvalue weighted by molar-refractivity contribution is 7.92. The number of nitrogens with one attached hydrogen (secondary N) is 2. The number of rotatable bonds is 13. The van der Waals surface area contributed by atoms with Gasteiger partial charge in [0.2, 0.25) is 0 Å². The van der Waals surface area contributed by atoms with E-state index in [-0.39, 0.29) is 29.1 Å². The summed E-state index contributed by atoms with van der Waals surface area (Å²) in [7, 11) is -2.67. The first-order chi connectivity index (χ1) is 21.2. The van der Waals surface area contributed by atoms with Crippen molar-refractivity contribution in [2.45, 2.75) is 17.9 Å². The lowest BCUT2D eigenvalue weighted by atomic mass is 10.1. The van der Waals surface area contributed by atoms with Gasteiger partial charge in [0.15, 0.2) is 6.61 Å². The minimum absolute atomic E-state index is 0.0277. The minimum Gasteiger partial charge on any atom is -0.497 e. The Morgan fingerprint density at radius 1 is 0.909 bits per heavy atom. The molecular weight excluding hydrogens is 604 g/mol. The first-order valence-electron chi connectivity index (χ1n) is 13.5. The van der Waals surface area contributed by atoms with Crippen LogP contribution in [-0.2, 0) is 19.6 Å². The number of amides is 2. The second-order valence-electron chi connectivity index (χ2n) is 9.52. The minimum atomic E-state index is -4.14. The molecule has 44 heavy (non-hydrogen) atoms. The van der Waals surface area contributed by atoms with Gasteiger partial charge in [-0.1, -0.05) is 48.0 Å². The molecule has 228 valence electrons. The van der Waals surface area contributed by atoms with E-state index >= 15 is 0 Å². The summed E-state index contributed by atoms with van der Waals surface area (Å²) in [6, 6.07) is 28.2. The molecule has 0 heterocycles. The third-order valence-corrected chi connectivity index (χ3v) is 8.38. The third-order valence-electron chi connectivity index (χ3n) is 6.36. The van der Waals surface area contributed by atoms with Gasteiger partial charge in [-0.3, -0.25) is 13.9 Å². The molecule has 0 aromatic heterocycles. The summed E-state index contributed by atoms with van der Waals surface area (Å²) < 4.78 is 38.7. The zero-order chi connectivity index (χ0) is 31.5. The summed E-state index contributed by atoms with van der Waals surface area (Å²) in [5.41, 5.74) is 4.21. The van der Waals surface area contributed by atoms with E-state index in [0.717, 1.165) is 9.87 Å². The Kier molecular flexibility index (Phi) is 11.0. The Morgan fingerprint density at radius 3 is 2.25 bits per heavy atom. The van der Waals surface area contributed by atoms with Crippen LogP contribution in [0.2, 0.25) is 5.02 Å². The van der Waals surface area contributed by atoms with Crippen molar-refractivity contribution in [3.63, 3.8) is 0 Å². The van der Waals surface area contributed by atoms with Crippen molar-refractivity contribution in [3.05, 3.63) is 119 Å². The average molecular weight is 635 g/mol. The molecule has 0 saturated heterocycles. The SMILES string of the molecule is COc1ccc(S(=O)(=O)N(CC(=O)N/N=C\c2ccc(OCC(=O)N[C@H](C)c3ccccc3)cc2)c2cccc(Cl)c2)cc1. The predicted molar refractivity (Wildman–Crippen MR) is 170 cm³/mol. The normalized spacial score (nSPS) is 11.9. The number of benzene rings is 4. The quantitative estimate of drug-likeness (QED) is 0.158.